The second-order valence-electron chi connectivity index (χ2n) is 11.9. The second kappa shape index (κ2) is 15.2. The fraction of sp³-hybridized carbons (Fsp3) is 0.531. The first kappa shape index (κ1) is 36.5. The number of unbranched alkanes of at least 4 members (excludes halogenated alkanes) is 1. The lowest BCUT2D eigenvalue weighted by Gasteiger charge is -2.47. The molecule has 262 valence electrons. The molecule has 1 saturated heterocycles. The number of aryl methyl sites for hydroxylation is 1. The van der Waals surface area contributed by atoms with E-state index in [1.807, 2.05) is 13.8 Å². The number of nitrogens with zero attached hydrogens (tertiary/aromatic N) is 6. The van der Waals surface area contributed by atoms with Crippen LogP contribution in [0.15, 0.2) is 43.0 Å². The molecule has 3 heterocycles. The Balaban J connectivity index is 1.67. The third-order valence-electron chi connectivity index (χ3n) is 8.45. The van der Waals surface area contributed by atoms with Gasteiger partial charge in [0.05, 0.1) is 23.9 Å². The van der Waals surface area contributed by atoms with Gasteiger partial charge in [-0.3, -0.25) is 9.48 Å². The molecule has 3 aromatic rings. The van der Waals surface area contributed by atoms with Crippen LogP contribution >= 0.6 is 0 Å². The Bertz CT molecular complexity index is 1500. The van der Waals surface area contributed by atoms with Crippen molar-refractivity contribution >= 4 is 17.9 Å². The van der Waals surface area contributed by atoms with Crippen LogP contribution in [0.1, 0.15) is 75.5 Å². The number of halogens is 6. The second-order valence-corrected chi connectivity index (χ2v) is 11.9. The Labute approximate surface area is 274 Å². The van der Waals surface area contributed by atoms with Gasteiger partial charge < -0.3 is 20.3 Å². The molecule has 4 rings (SSSR count). The number of hydrogen-bond donors (Lipinski definition) is 1. The van der Waals surface area contributed by atoms with Crippen molar-refractivity contribution < 1.29 is 40.7 Å². The number of aromatic nitrogens is 4. The van der Waals surface area contributed by atoms with E-state index in [9.17, 15) is 35.9 Å². The van der Waals surface area contributed by atoms with Crippen molar-refractivity contribution in [3.8, 4) is 11.1 Å². The predicted molar refractivity (Wildman–Crippen MR) is 164 cm³/mol. The van der Waals surface area contributed by atoms with Crippen molar-refractivity contribution in [2.45, 2.75) is 95.8 Å². The van der Waals surface area contributed by atoms with Crippen molar-refractivity contribution in [2.75, 3.05) is 11.5 Å². The van der Waals surface area contributed by atoms with E-state index >= 15 is 0 Å². The summed E-state index contributed by atoms with van der Waals surface area (Å²) in [5.74, 6) is -0.325. The Morgan fingerprint density at radius 3 is 1.98 bits per heavy atom. The predicted octanol–water partition coefficient (Wildman–Crippen LogP) is 6.74. The van der Waals surface area contributed by atoms with Crippen molar-refractivity contribution in [3.05, 3.63) is 59.7 Å². The van der Waals surface area contributed by atoms with E-state index in [2.05, 4.69) is 15.1 Å². The van der Waals surface area contributed by atoms with Crippen LogP contribution in [0, 0.1) is 0 Å². The van der Waals surface area contributed by atoms with E-state index in [1.54, 1.807) is 33.9 Å². The number of carbonyl (C=O) groups is 2. The van der Waals surface area contributed by atoms with Crippen LogP contribution in [-0.4, -0.2) is 61.4 Å². The molecule has 1 aliphatic heterocycles. The van der Waals surface area contributed by atoms with E-state index in [-0.39, 0.29) is 49.2 Å². The molecule has 0 spiro atoms. The normalized spacial score (nSPS) is 18.5. The van der Waals surface area contributed by atoms with Crippen LogP contribution in [0.4, 0.5) is 37.1 Å². The number of likely N-dealkylation sites (tertiary alicyclic amines) is 1. The zero-order valence-corrected chi connectivity index (χ0v) is 26.9. The number of nitrogens with two attached hydrogens (primary N) is 1. The number of piperidine rings is 1. The Hall–Kier alpha value is -4.37. The van der Waals surface area contributed by atoms with Crippen LogP contribution in [0.3, 0.4) is 0 Å². The molecule has 2 N–H and O–H groups in total. The molecule has 1 fully saturated rings. The third-order valence-corrected chi connectivity index (χ3v) is 8.45. The molecule has 48 heavy (non-hydrogen) atoms. The van der Waals surface area contributed by atoms with E-state index in [0.717, 1.165) is 5.56 Å². The van der Waals surface area contributed by atoms with E-state index in [1.165, 1.54) is 12.4 Å². The number of rotatable bonds is 12. The minimum absolute atomic E-state index is 0.0965. The molecule has 3 atom stereocenters. The molecular formula is C32H39F6N7O3. The quantitative estimate of drug-likeness (QED) is 0.166. The first-order valence-electron chi connectivity index (χ1n) is 15.7. The van der Waals surface area contributed by atoms with Crippen molar-refractivity contribution in [2.24, 2.45) is 12.8 Å². The summed E-state index contributed by atoms with van der Waals surface area (Å²) in [6.45, 7) is 3.53. The van der Waals surface area contributed by atoms with Crippen LogP contribution < -0.4 is 10.6 Å². The van der Waals surface area contributed by atoms with Gasteiger partial charge >= 0.3 is 18.4 Å². The van der Waals surface area contributed by atoms with Gasteiger partial charge in [-0.25, -0.2) is 14.8 Å². The maximum atomic E-state index is 13.8. The minimum Gasteiger partial charge on any atom is -0.449 e. The molecule has 1 aromatic carbocycles. The maximum absolute atomic E-state index is 13.8. The van der Waals surface area contributed by atoms with E-state index < -0.39 is 41.5 Å². The van der Waals surface area contributed by atoms with Crippen LogP contribution in [0.5, 0.6) is 0 Å². The summed E-state index contributed by atoms with van der Waals surface area (Å²) in [6, 6.07) is 0.377. The SMILES string of the molecule is CC[C@@H]1C[C@H](N(Cc2cc(C(F)(F)F)cc(C(F)(F)F)c2)c2ncc(-c3cnn(C)c3)cn2)C[C@H](CC)N1C(=O)OCCCCC(N)=O. The first-order valence-corrected chi connectivity index (χ1v) is 15.7. The van der Waals surface area contributed by atoms with Crippen LogP contribution in [0.25, 0.3) is 11.1 Å². The highest BCUT2D eigenvalue weighted by atomic mass is 19.4. The molecule has 2 aromatic heterocycles. The number of hydrogen-bond acceptors (Lipinski definition) is 7. The summed E-state index contributed by atoms with van der Waals surface area (Å²) in [6.07, 6.45) is -1.32. The number of anilines is 1. The highest BCUT2D eigenvalue weighted by Gasteiger charge is 2.41. The molecular weight excluding hydrogens is 644 g/mol. The van der Waals surface area contributed by atoms with Crippen LogP contribution in [0.2, 0.25) is 0 Å². The monoisotopic (exact) mass is 683 g/mol. The Morgan fingerprint density at radius 2 is 1.50 bits per heavy atom. The van der Waals surface area contributed by atoms with Gasteiger partial charge in [0.15, 0.2) is 0 Å². The van der Waals surface area contributed by atoms with Gasteiger partial charge in [-0.15, -0.1) is 0 Å². The number of carbonyl (C=O) groups excluding carboxylic acids is 2. The number of alkyl halides is 6. The highest BCUT2D eigenvalue weighted by molar-refractivity contribution is 5.73. The van der Waals surface area contributed by atoms with Crippen molar-refractivity contribution in [3.63, 3.8) is 0 Å². The third kappa shape index (κ3) is 9.16. The minimum atomic E-state index is -5.01. The summed E-state index contributed by atoms with van der Waals surface area (Å²) in [5, 5.41) is 4.13. The summed E-state index contributed by atoms with van der Waals surface area (Å²) < 4.78 is 89.7. The maximum Gasteiger partial charge on any atom is 0.416 e. The number of ether oxygens (including phenoxy) is 1. The van der Waals surface area contributed by atoms with Gasteiger partial charge in [-0.05, 0) is 62.3 Å². The molecule has 16 heteroatoms. The molecule has 2 amide bonds. The lowest BCUT2D eigenvalue weighted by atomic mass is 9.87. The largest absolute Gasteiger partial charge is 0.449 e. The van der Waals surface area contributed by atoms with Gasteiger partial charge in [0.2, 0.25) is 11.9 Å². The molecule has 1 aliphatic rings. The summed E-state index contributed by atoms with van der Waals surface area (Å²) in [5.41, 5.74) is 3.48. The Morgan fingerprint density at radius 1 is 0.917 bits per heavy atom. The first-order chi connectivity index (χ1) is 22.6. The highest BCUT2D eigenvalue weighted by Crippen LogP contribution is 2.38. The molecule has 0 unspecified atom stereocenters. The molecule has 0 radical (unpaired) electrons. The molecule has 10 nitrogen and oxygen atoms in total. The van der Waals surface area contributed by atoms with Gasteiger partial charge in [0, 0.05) is 67.9 Å². The van der Waals surface area contributed by atoms with Crippen LogP contribution in [-0.2, 0) is 35.5 Å². The topological polar surface area (TPSA) is 119 Å². The van der Waals surface area contributed by atoms with Crippen molar-refractivity contribution in [1.82, 2.24) is 24.6 Å². The fourth-order valence-corrected chi connectivity index (χ4v) is 6.02. The van der Waals surface area contributed by atoms with Crippen molar-refractivity contribution in [1.29, 1.82) is 0 Å². The zero-order valence-electron chi connectivity index (χ0n) is 26.9. The average Bonchev–Trinajstić information content (AvgIpc) is 3.47. The van der Waals surface area contributed by atoms with Gasteiger partial charge in [0.1, 0.15) is 0 Å². The summed E-state index contributed by atoms with van der Waals surface area (Å²) in [7, 11) is 1.74. The van der Waals surface area contributed by atoms with E-state index in [4.69, 9.17) is 10.5 Å². The average molecular weight is 684 g/mol. The number of benzene rings is 1. The van der Waals surface area contributed by atoms with Gasteiger partial charge in [0.25, 0.3) is 0 Å². The fourth-order valence-electron chi connectivity index (χ4n) is 6.02. The molecule has 0 bridgehead atoms. The number of amides is 2. The molecule has 0 aliphatic carbocycles. The number of primary amides is 1. The lowest BCUT2D eigenvalue weighted by Crippen LogP contribution is -2.57. The van der Waals surface area contributed by atoms with Gasteiger partial charge in [-0.2, -0.15) is 31.4 Å². The van der Waals surface area contributed by atoms with E-state index in [0.29, 0.717) is 56.2 Å². The van der Waals surface area contributed by atoms with Gasteiger partial charge in [-0.1, -0.05) is 13.8 Å². The molecule has 0 saturated carbocycles. The summed E-state index contributed by atoms with van der Waals surface area (Å²) in [4.78, 5) is 36.6. The zero-order chi connectivity index (χ0) is 35.2. The lowest BCUT2D eigenvalue weighted by molar-refractivity contribution is -0.143. The Kier molecular flexibility index (Phi) is 11.6. The summed E-state index contributed by atoms with van der Waals surface area (Å²) >= 11 is 0. The smallest absolute Gasteiger partial charge is 0.416 e. The standard InChI is InChI=1S/C32H39F6N7O3/c1-4-25-13-27(14-26(5-2)45(25)30(47)48-9-7-6-8-28(39)46)44(29-40-15-21(16-41-29)22-17-42-43(3)19-22)18-20-10-23(31(33,34)35)12-24(11-20)32(36,37)38/h10-12,15-17,19,25-27H,4-9,13-14,18H2,1-3H3,(H2,39,46)/t25-,26+,27+.